The molecular weight excluding hydrogens is 90.1 g/mol. The summed E-state index contributed by atoms with van der Waals surface area (Å²) in [6, 6.07) is 0. The van der Waals surface area contributed by atoms with Crippen molar-refractivity contribution in [3.8, 4) is 0 Å². The number of rotatable bonds is 0. The molecule has 0 radical (unpaired) electrons. The summed E-state index contributed by atoms with van der Waals surface area (Å²) in [6.07, 6.45) is 4.14. The zero-order valence-electron chi connectivity index (χ0n) is 4.26. The monoisotopic (exact) mass is 99.1 g/mol. The van der Waals surface area contributed by atoms with Gasteiger partial charge in [0.05, 0.1) is 0 Å². The van der Waals surface area contributed by atoms with E-state index in [-0.39, 0.29) is 0 Å². The maximum Gasteiger partial charge on any atom is 0.137 e. The van der Waals surface area contributed by atoms with Crippen molar-refractivity contribution in [1.29, 1.82) is 0 Å². The molecule has 0 saturated carbocycles. The Balaban J connectivity index is 2.20. The highest BCUT2D eigenvalue weighted by Crippen LogP contribution is 1.91. The highest BCUT2D eigenvalue weighted by Gasteiger charge is 1.88. The molecule has 1 heterocycles. The molecule has 0 aromatic rings. The van der Waals surface area contributed by atoms with E-state index < -0.39 is 0 Å². The van der Waals surface area contributed by atoms with Crippen LogP contribution in [0.4, 0.5) is 0 Å². The number of hydrogen-bond acceptors (Lipinski definition) is 2. The third-order valence-electron chi connectivity index (χ3n) is 0.917. The summed E-state index contributed by atoms with van der Waals surface area (Å²) in [5.41, 5.74) is 0. The van der Waals surface area contributed by atoms with E-state index >= 15 is 0 Å². The largest absolute Gasteiger partial charge is 0.359 e. The molecule has 0 saturated heterocycles. The summed E-state index contributed by atoms with van der Waals surface area (Å²) in [5.74, 6) is 0. The van der Waals surface area contributed by atoms with E-state index in [1.54, 1.807) is 0 Å². The van der Waals surface area contributed by atoms with Crippen LogP contribution in [0.15, 0.2) is 4.99 Å². The van der Waals surface area contributed by atoms with Crippen molar-refractivity contribution in [3.05, 3.63) is 0 Å². The molecular formula is C5H9NO. The normalized spacial score (nSPS) is 21.7. The van der Waals surface area contributed by atoms with Gasteiger partial charge in [0.2, 0.25) is 0 Å². The van der Waals surface area contributed by atoms with Crippen molar-refractivity contribution in [1.82, 2.24) is 0 Å². The van der Waals surface area contributed by atoms with Gasteiger partial charge in [-0.3, -0.25) is 4.99 Å². The molecule has 0 unspecified atom stereocenters. The van der Waals surface area contributed by atoms with Gasteiger partial charge in [-0.1, -0.05) is 0 Å². The fraction of sp³-hybridized carbons (Fsp3) is 0.800. The number of aliphatic imine (C=N–C) groups is 1. The van der Waals surface area contributed by atoms with Gasteiger partial charge in [0.15, 0.2) is 0 Å². The van der Waals surface area contributed by atoms with Gasteiger partial charge in [0.25, 0.3) is 0 Å². The molecule has 40 valence electrons. The van der Waals surface area contributed by atoms with Crippen molar-refractivity contribution in [2.24, 2.45) is 4.99 Å². The Labute approximate surface area is 43.2 Å². The van der Waals surface area contributed by atoms with Crippen LogP contribution in [0.3, 0.4) is 0 Å². The minimum absolute atomic E-state index is 0.569. The van der Waals surface area contributed by atoms with Crippen molar-refractivity contribution in [2.45, 2.75) is 12.8 Å². The first kappa shape index (κ1) is 4.78. The molecule has 2 nitrogen and oxygen atoms in total. The Hall–Kier alpha value is -0.370. The molecule has 0 fully saturated rings. The second-order valence-electron chi connectivity index (χ2n) is 1.54. The quantitative estimate of drug-likeness (QED) is 0.440. The third-order valence-corrected chi connectivity index (χ3v) is 0.917. The average Bonchev–Trinajstić information content (AvgIpc) is 1.90. The van der Waals surface area contributed by atoms with Gasteiger partial charge < -0.3 is 4.74 Å². The Morgan fingerprint density at radius 2 is 2.57 bits per heavy atom. The van der Waals surface area contributed by atoms with E-state index in [0.717, 1.165) is 19.4 Å². The Morgan fingerprint density at radius 3 is 3.57 bits per heavy atom. The smallest absolute Gasteiger partial charge is 0.137 e. The Bertz CT molecular complexity index is 62.5. The minimum Gasteiger partial charge on any atom is -0.359 e. The predicted octanol–water partition coefficient (Wildman–Crippen LogP) is 0.825. The van der Waals surface area contributed by atoms with E-state index in [2.05, 4.69) is 4.99 Å². The van der Waals surface area contributed by atoms with Crippen molar-refractivity contribution in [2.75, 3.05) is 13.3 Å². The lowest BCUT2D eigenvalue weighted by Crippen LogP contribution is -1.88. The topological polar surface area (TPSA) is 21.6 Å². The van der Waals surface area contributed by atoms with Crippen LogP contribution in [0.5, 0.6) is 0 Å². The fourth-order valence-electron chi connectivity index (χ4n) is 0.538. The van der Waals surface area contributed by atoms with E-state index in [1.165, 1.54) is 0 Å². The standard InChI is InChI=1S/C5H9NO/c1-2-4-7-5-6-3-1/h3H,1-2,4-5H2. The first-order valence-corrected chi connectivity index (χ1v) is 2.56. The molecule has 7 heavy (non-hydrogen) atoms. The molecule has 1 aliphatic rings. The van der Waals surface area contributed by atoms with E-state index in [0.29, 0.717) is 6.73 Å². The third kappa shape index (κ3) is 1.69. The number of ether oxygens (including phenoxy) is 1. The summed E-state index contributed by atoms with van der Waals surface area (Å²) in [6.45, 7) is 1.44. The molecule has 0 spiro atoms. The SMILES string of the molecule is C1=NCOCCC1. The Kier molecular flexibility index (Phi) is 1.88. The average molecular weight is 99.1 g/mol. The molecule has 1 rings (SSSR count). The van der Waals surface area contributed by atoms with Gasteiger partial charge >= 0.3 is 0 Å². The van der Waals surface area contributed by atoms with Crippen molar-refractivity contribution in [3.63, 3.8) is 0 Å². The molecule has 0 N–H and O–H groups in total. The summed E-state index contributed by atoms with van der Waals surface area (Å²) in [5, 5.41) is 0. The maximum atomic E-state index is 5.00. The predicted molar refractivity (Wildman–Crippen MR) is 28.5 cm³/mol. The summed E-state index contributed by atoms with van der Waals surface area (Å²) in [7, 11) is 0. The molecule has 0 atom stereocenters. The Morgan fingerprint density at radius 1 is 1.57 bits per heavy atom. The van der Waals surface area contributed by atoms with Crippen LogP contribution in [-0.2, 0) is 4.74 Å². The van der Waals surface area contributed by atoms with E-state index in [9.17, 15) is 0 Å². The van der Waals surface area contributed by atoms with Crippen LogP contribution in [0.25, 0.3) is 0 Å². The van der Waals surface area contributed by atoms with Gasteiger partial charge in [-0.25, -0.2) is 0 Å². The van der Waals surface area contributed by atoms with Crippen LogP contribution >= 0.6 is 0 Å². The first-order valence-electron chi connectivity index (χ1n) is 2.56. The second-order valence-corrected chi connectivity index (χ2v) is 1.54. The van der Waals surface area contributed by atoms with Gasteiger partial charge in [-0.2, -0.15) is 0 Å². The zero-order chi connectivity index (χ0) is 4.95. The summed E-state index contributed by atoms with van der Waals surface area (Å²) >= 11 is 0. The highest BCUT2D eigenvalue weighted by molar-refractivity contribution is 5.56. The van der Waals surface area contributed by atoms with Crippen molar-refractivity contribution < 1.29 is 4.74 Å². The molecule has 0 aromatic heterocycles. The van der Waals surface area contributed by atoms with Crippen LogP contribution in [0.2, 0.25) is 0 Å². The lowest BCUT2D eigenvalue weighted by Gasteiger charge is -1.90. The fourth-order valence-corrected chi connectivity index (χ4v) is 0.538. The first-order chi connectivity index (χ1) is 3.50. The summed E-state index contributed by atoms with van der Waals surface area (Å²) in [4.78, 5) is 3.92. The van der Waals surface area contributed by atoms with Crippen LogP contribution in [0, 0.1) is 0 Å². The van der Waals surface area contributed by atoms with Gasteiger partial charge in [-0.15, -0.1) is 0 Å². The zero-order valence-corrected chi connectivity index (χ0v) is 4.26. The number of nitrogens with zero attached hydrogens (tertiary/aromatic N) is 1. The lowest BCUT2D eigenvalue weighted by atomic mass is 10.3. The highest BCUT2D eigenvalue weighted by atomic mass is 16.5. The molecule has 1 aliphatic heterocycles. The van der Waals surface area contributed by atoms with E-state index in [1.807, 2.05) is 6.21 Å². The molecule has 0 bridgehead atoms. The van der Waals surface area contributed by atoms with Gasteiger partial charge in [0, 0.05) is 12.8 Å². The summed E-state index contributed by atoms with van der Waals surface area (Å²) < 4.78 is 5.00. The number of hydrogen-bond donors (Lipinski definition) is 0. The molecule has 0 aromatic carbocycles. The van der Waals surface area contributed by atoms with Crippen LogP contribution < -0.4 is 0 Å². The van der Waals surface area contributed by atoms with E-state index in [4.69, 9.17) is 4.74 Å². The molecule has 0 amide bonds. The van der Waals surface area contributed by atoms with Gasteiger partial charge in [0.1, 0.15) is 6.73 Å². The van der Waals surface area contributed by atoms with Crippen molar-refractivity contribution >= 4 is 6.21 Å². The second kappa shape index (κ2) is 2.75. The van der Waals surface area contributed by atoms with Crippen LogP contribution in [0.1, 0.15) is 12.8 Å². The van der Waals surface area contributed by atoms with Gasteiger partial charge in [-0.05, 0) is 12.8 Å². The maximum absolute atomic E-state index is 5.00. The lowest BCUT2D eigenvalue weighted by molar-refractivity contribution is 0.146. The minimum atomic E-state index is 0.569. The van der Waals surface area contributed by atoms with Crippen LogP contribution in [-0.4, -0.2) is 19.6 Å². The molecule has 0 aliphatic carbocycles. The molecule has 2 heteroatoms.